The van der Waals surface area contributed by atoms with Crippen LogP contribution in [0.5, 0.6) is 5.75 Å². The maximum atomic E-state index is 5.60. The lowest BCUT2D eigenvalue weighted by Gasteiger charge is -2.17. The van der Waals surface area contributed by atoms with Crippen LogP contribution in [0.2, 0.25) is 0 Å². The molecule has 0 bridgehead atoms. The van der Waals surface area contributed by atoms with E-state index in [9.17, 15) is 0 Å². The Hall–Kier alpha value is -1.50. The molecule has 1 aliphatic rings. The van der Waals surface area contributed by atoms with Crippen molar-refractivity contribution in [1.82, 2.24) is 5.32 Å². The zero-order valence-corrected chi connectivity index (χ0v) is 11.4. The third-order valence-corrected chi connectivity index (χ3v) is 3.38. The van der Waals surface area contributed by atoms with Crippen molar-refractivity contribution in [2.75, 3.05) is 19.8 Å². The van der Waals surface area contributed by atoms with Crippen molar-refractivity contribution in [3.63, 3.8) is 0 Å². The minimum Gasteiger partial charge on any atom is -0.481 e. The summed E-state index contributed by atoms with van der Waals surface area (Å²) < 4.78 is 11.0. The molecule has 102 valence electrons. The first-order valence-electron chi connectivity index (χ1n) is 6.81. The Morgan fingerprint density at radius 2 is 2.26 bits per heavy atom. The van der Waals surface area contributed by atoms with E-state index < -0.39 is 0 Å². The Morgan fingerprint density at radius 1 is 1.47 bits per heavy atom. The fraction of sp³-hybridized carbons (Fsp3) is 0.500. The average Bonchev–Trinajstić information content (AvgIpc) is 2.96. The van der Waals surface area contributed by atoms with Crippen LogP contribution in [0.1, 0.15) is 31.4 Å². The van der Waals surface area contributed by atoms with Crippen LogP contribution >= 0.6 is 0 Å². The van der Waals surface area contributed by atoms with Gasteiger partial charge >= 0.3 is 0 Å². The molecule has 1 aromatic carbocycles. The van der Waals surface area contributed by atoms with Crippen LogP contribution in [0, 0.1) is 12.3 Å². The number of hydrogen-bond donors (Lipinski definition) is 1. The molecule has 1 fully saturated rings. The maximum absolute atomic E-state index is 5.60. The summed E-state index contributed by atoms with van der Waals surface area (Å²) in [5, 5.41) is 3.51. The van der Waals surface area contributed by atoms with Gasteiger partial charge < -0.3 is 14.8 Å². The molecule has 1 aromatic rings. The quantitative estimate of drug-likeness (QED) is 0.796. The van der Waals surface area contributed by atoms with Gasteiger partial charge in [0.05, 0.1) is 6.10 Å². The third kappa shape index (κ3) is 4.27. The lowest BCUT2D eigenvalue weighted by molar-refractivity contribution is 0.108. The van der Waals surface area contributed by atoms with Crippen molar-refractivity contribution < 1.29 is 9.47 Å². The van der Waals surface area contributed by atoms with E-state index in [4.69, 9.17) is 15.9 Å². The fourth-order valence-corrected chi connectivity index (χ4v) is 2.21. The smallest absolute Gasteiger partial charge is 0.148 e. The second kappa shape index (κ2) is 7.18. The summed E-state index contributed by atoms with van der Waals surface area (Å²) in [5.74, 6) is 3.27. The molecule has 2 rings (SSSR count). The van der Waals surface area contributed by atoms with Gasteiger partial charge in [-0.3, -0.25) is 0 Å². The van der Waals surface area contributed by atoms with Crippen molar-refractivity contribution in [2.45, 2.75) is 31.9 Å². The van der Waals surface area contributed by atoms with E-state index in [1.54, 1.807) is 0 Å². The largest absolute Gasteiger partial charge is 0.481 e. The molecule has 3 heteroatoms. The number of benzene rings is 1. The standard InChI is InChI=1S/C16H21NO2/c1-3-10-18-15-8-6-14(7-9-15)13(2)17-12-16-5-4-11-19-16/h1,6-9,13,16-17H,4-5,10-12H2,2H3. The Morgan fingerprint density at radius 3 is 2.89 bits per heavy atom. The van der Waals surface area contributed by atoms with Crippen LogP contribution in [0.4, 0.5) is 0 Å². The lowest BCUT2D eigenvalue weighted by Crippen LogP contribution is -2.28. The highest BCUT2D eigenvalue weighted by Crippen LogP contribution is 2.18. The van der Waals surface area contributed by atoms with Gasteiger partial charge in [0, 0.05) is 19.2 Å². The Balaban J connectivity index is 1.81. The molecule has 19 heavy (non-hydrogen) atoms. The molecule has 0 aliphatic carbocycles. The fourth-order valence-electron chi connectivity index (χ4n) is 2.21. The predicted octanol–water partition coefficient (Wildman–Crippen LogP) is 2.53. The minimum atomic E-state index is 0.311. The summed E-state index contributed by atoms with van der Waals surface area (Å²) in [6, 6.07) is 8.36. The van der Waals surface area contributed by atoms with Crippen LogP contribution in [-0.2, 0) is 4.74 Å². The summed E-state index contributed by atoms with van der Waals surface area (Å²) in [6.45, 7) is 4.29. The van der Waals surface area contributed by atoms with Gasteiger partial charge in [-0.15, -0.1) is 6.42 Å². The summed E-state index contributed by atoms with van der Waals surface area (Å²) in [5.41, 5.74) is 1.24. The summed E-state index contributed by atoms with van der Waals surface area (Å²) in [7, 11) is 0. The van der Waals surface area contributed by atoms with E-state index in [0.29, 0.717) is 18.8 Å². The number of ether oxygens (including phenoxy) is 2. The molecule has 0 radical (unpaired) electrons. The highest BCUT2D eigenvalue weighted by atomic mass is 16.5. The zero-order chi connectivity index (χ0) is 13.5. The molecule has 0 aromatic heterocycles. The Kier molecular flexibility index (Phi) is 5.26. The second-order valence-corrected chi connectivity index (χ2v) is 4.83. The third-order valence-electron chi connectivity index (χ3n) is 3.38. The van der Waals surface area contributed by atoms with E-state index in [1.165, 1.54) is 18.4 Å². The minimum absolute atomic E-state index is 0.311. The first kappa shape index (κ1) is 13.9. The lowest BCUT2D eigenvalue weighted by atomic mass is 10.1. The normalized spacial score (nSPS) is 19.9. The number of nitrogens with one attached hydrogen (secondary N) is 1. The highest BCUT2D eigenvalue weighted by Gasteiger charge is 2.16. The first-order chi connectivity index (χ1) is 9.29. The van der Waals surface area contributed by atoms with E-state index in [-0.39, 0.29) is 0 Å². The van der Waals surface area contributed by atoms with E-state index in [0.717, 1.165) is 18.9 Å². The molecule has 2 atom stereocenters. The van der Waals surface area contributed by atoms with Crippen LogP contribution in [0.25, 0.3) is 0 Å². The van der Waals surface area contributed by atoms with Gasteiger partial charge in [0.2, 0.25) is 0 Å². The number of rotatable bonds is 6. The molecule has 2 unspecified atom stereocenters. The SMILES string of the molecule is C#CCOc1ccc(C(C)NCC2CCCO2)cc1. The molecule has 0 spiro atoms. The topological polar surface area (TPSA) is 30.5 Å². The summed E-state index contributed by atoms with van der Waals surface area (Å²) in [6.07, 6.45) is 7.88. The van der Waals surface area contributed by atoms with Crippen molar-refractivity contribution in [2.24, 2.45) is 0 Å². The molecule has 1 aliphatic heterocycles. The van der Waals surface area contributed by atoms with Gasteiger partial charge in [-0.2, -0.15) is 0 Å². The monoisotopic (exact) mass is 259 g/mol. The zero-order valence-electron chi connectivity index (χ0n) is 11.4. The van der Waals surface area contributed by atoms with Crippen LogP contribution < -0.4 is 10.1 Å². The predicted molar refractivity (Wildman–Crippen MR) is 76.2 cm³/mol. The van der Waals surface area contributed by atoms with Gasteiger partial charge in [-0.1, -0.05) is 18.1 Å². The van der Waals surface area contributed by atoms with Gasteiger partial charge in [0.1, 0.15) is 12.4 Å². The Bertz CT molecular complexity index is 415. The van der Waals surface area contributed by atoms with Crippen molar-refractivity contribution in [3.05, 3.63) is 29.8 Å². The van der Waals surface area contributed by atoms with E-state index in [2.05, 4.69) is 30.3 Å². The van der Waals surface area contributed by atoms with Crippen molar-refractivity contribution >= 4 is 0 Å². The molecular formula is C16H21NO2. The average molecular weight is 259 g/mol. The van der Waals surface area contributed by atoms with Gasteiger partial charge in [0.15, 0.2) is 0 Å². The number of hydrogen-bond acceptors (Lipinski definition) is 3. The molecule has 3 nitrogen and oxygen atoms in total. The molecule has 1 N–H and O–H groups in total. The second-order valence-electron chi connectivity index (χ2n) is 4.83. The van der Waals surface area contributed by atoms with Crippen LogP contribution in [0.15, 0.2) is 24.3 Å². The Labute approximate surface area is 115 Å². The van der Waals surface area contributed by atoms with Crippen molar-refractivity contribution in [3.8, 4) is 18.1 Å². The van der Waals surface area contributed by atoms with E-state index >= 15 is 0 Å². The summed E-state index contributed by atoms with van der Waals surface area (Å²) >= 11 is 0. The van der Waals surface area contributed by atoms with Gasteiger partial charge in [0.25, 0.3) is 0 Å². The van der Waals surface area contributed by atoms with E-state index in [1.807, 2.05) is 12.1 Å². The summed E-state index contributed by atoms with van der Waals surface area (Å²) in [4.78, 5) is 0. The van der Waals surface area contributed by atoms with Crippen LogP contribution in [-0.4, -0.2) is 25.9 Å². The van der Waals surface area contributed by atoms with Gasteiger partial charge in [-0.05, 0) is 37.5 Å². The first-order valence-corrected chi connectivity index (χ1v) is 6.81. The molecule has 0 saturated carbocycles. The maximum Gasteiger partial charge on any atom is 0.148 e. The molecular weight excluding hydrogens is 238 g/mol. The molecule has 0 amide bonds. The van der Waals surface area contributed by atoms with Crippen LogP contribution in [0.3, 0.4) is 0 Å². The molecule has 1 heterocycles. The number of terminal acetylenes is 1. The van der Waals surface area contributed by atoms with Gasteiger partial charge in [-0.25, -0.2) is 0 Å². The highest BCUT2D eigenvalue weighted by molar-refractivity contribution is 5.29. The van der Waals surface area contributed by atoms with Crippen molar-refractivity contribution in [1.29, 1.82) is 0 Å². The molecule has 1 saturated heterocycles.